The molecule has 0 aliphatic rings. The van der Waals surface area contributed by atoms with E-state index in [0.717, 1.165) is 23.2 Å². The van der Waals surface area contributed by atoms with E-state index in [1.165, 1.54) is 6.07 Å². The van der Waals surface area contributed by atoms with Crippen LogP contribution in [-0.4, -0.2) is 6.54 Å². The second-order valence-corrected chi connectivity index (χ2v) is 4.73. The monoisotopic (exact) mass is 231 g/mol. The van der Waals surface area contributed by atoms with Gasteiger partial charge in [0.2, 0.25) is 0 Å². The van der Waals surface area contributed by atoms with Crippen molar-refractivity contribution in [2.24, 2.45) is 5.92 Å². The summed E-state index contributed by atoms with van der Waals surface area (Å²) < 4.78 is 5.19. The standard InChI is InChI=1S/C14H17NO2/c1-9(2)8-15-11-4-5-12-10(3)6-14(16)17-13(12)7-11/h4-7,9,15H,8H2,1-3H3. The number of benzene rings is 1. The molecule has 90 valence electrons. The molecular formula is C14H17NO2. The molecule has 3 heteroatoms. The van der Waals surface area contributed by atoms with E-state index in [4.69, 9.17) is 4.42 Å². The zero-order chi connectivity index (χ0) is 12.4. The summed E-state index contributed by atoms with van der Waals surface area (Å²) in [5.41, 5.74) is 2.28. The normalized spacial score (nSPS) is 11.1. The SMILES string of the molecule is Cc1cc(=O)oc2cc(NCC(C)C)ccc12. The lowest BCUT2D eigenvalue weighted by atomic mass is 10.1. The first-order valence-electron chi connectivity index (χ1n) is 5.84. The maximum Gasteiger partial charge on any atom is 0.336 e. The van der Waals surface area contributed by atoms with E-state index in [-0.39, 0.29) is 5.63 Å². The summed E-state index contributed by atoms with van der Waals surface area (Å²) in [7, 11) is 0. The molecule has 0 atom stereocenters. The summed E-state index contributed by atoms with van der Waals surface area (Å²) in [4.78, 5) is 11.3. The van der Waals surface area contributed by atoms with E-state index < -0.39 is 0 Å². The van der Waals surface area contributed by atoms with Crippen molar-refractivity contribution in [2.45, 2.75) is 20.8 Å². The molecule has 0 radical (unpaired) electrons. The van der Waals surface area contributed by atoms with Crippen molar-refractivity contribution in [3.63, 3.8) is 0 Å². The lowest BCUT2D eigenvalue weighted by Crippen LogP contribution is -2.07. The molecule has 0 aliphatic carbocycles. The highest BCUT2D eigenvalue weighted by molar-refractivity contribution is 5.83. The van der Waals surface area contributed by atoms with E-state index >= 15 is 0 Å². The van der Waals surface area contributed by atoms with Crippen LogP contribution in [0.25, 0.3) is 11.0 Å². The fourth-order valence-corrected chi connectivity index (χ4v) is 1.76. The summed E-state index contributed by atoms with van der Waals surface area (Å²) >= 11 is 0. The van der Waals surface area contributed by atoms with Crippen molar-refractivity contribution in [1.29, 1.82) is 0 Å². The number of fused-ring (bicyclic) bond motifs is 1. The topological polar surface area (TPSA) is 42.2 Å². The molecule has 0 saturated heterocycles. The highest BCUT2D eigenvalue weighted by atomic mass is 16.4. The molecule has 17 heavy (non-hydrogen) atoms. The number of anilines is 1. The highest BCUT2D eigenvalue weighted by Crippen LogP contribution is 2.20. The van der Waals surface area contributed by atoms with E-state index in [2.05, 4.69) is 19.2 Å². The average molecular weight is 231 g/mol. The van der Waals surface area contributed by atoms with Crippen LogP contribution < -0.4 is 10.9 Å². The molecule has 1 N–H and O–H groups in total. The van der Waals surface area contributed by atoms with Gasteiger partial charge < -0.3 is 9.73 Å². The smallest absolute Gasteiger partial charge is 0.336 e. The van der Waals surface area contributed by atoms with Crippen LogP contribution in [0.4, 0.5) is 5.69 Å². The van der Waals surface area contributed by atoms with E-state index in [0.29, 0.717) is 11.5 Å². The number of hydrogen-bond donors (Lipinski definition) is 1. The fourth-order valence-electron chi connectivity index (χ4n) is 1.76. The van der Waals surface area contributed by atoms with Crippen molar-refractivity contribution < 1.29 is 4.42 Å². The Bertz CT molecular complexity index is 584. The lowest BCUT2D eigenvalue weighted by molar-refractivity contribution is 0.560. The highest BCUT2D eigenvalue weighted by Gasteiger charge is 2.03. The van der Waals surface area contributed by atoms with Crippen LogP contribution in [0.5, 0.6) is 0 Å². The van der Waals surface area contributed by atoms with Gasteiger partial charge >= 0.3 is 5.63 Å². The minimum absolute atomic E-state index is 0.295. The molecule has 0 spiro atoms. The second kappa shape index (κ2) is 4.62. The third-order valence-electron chi connectivity index (χ3n) is 2.67. The number of rotatable bonds is 3. The number of aryl methyl sites for hydroxylation is 1. The zero-order valence-electron chi connectivity index (χ0n) is 10.4. The Labute approximate surface area is 100 Å². The van der Waals surface area contributed by atoms with Gasteiger partial charge in [0, 0.05) is 29.8 Å². The summed E-state index contributed by atoms with van der Waals surface area (Å²) in [6, 6.07) is 7.39. The predicted molar refractivity (Wildman–Crippen MR) is 70.5 cm³/mol. The molecule has 0 amide bonds. The Hall–Kier alpha value is -1.77. The van der Waals surface area contributed by atoms with Gasteiger partial charge in [-0.15, -0.1) is 0 Å². The molecule has 1 heterocycles. The summed E-state index contributed by atoms with van der Waals surface area (Å²) in [6.07, 6.45) is 0. The molecule has 0 saturated carbocycles. The number of hydrogen-bond acceptors (Lipinski definition) is 3. The molecule has 3 nitrogen and oxygen atoms in total. The Morgan fingerprint density at radius 1 is 1.29 bits per heavy atom. The third kappa shape index (κ3) is 2.67. The Morgan fingerprint density at radius 3 is 2.76 bits per heavy atom. The minimum atomic E-state index is -0.295. The minimum Gasteiger partial charge on any atom is -0.423 e. The largest absolute Gasteiger partial charge is 0.423 e. The molecule has 0 bridgehead atoms. The Kier molecular flexibility index (Phi) is 3.18. The zero-order valence-corrected chi connectivity index (χ0v) is 10.4. The molecule has 0 fully saturated rings. The van der Waals surface area contributed by atoms with Crippen molar-refractivity contribution in [3.8, 4) is 0 Å². The molecule has 2 aromatic rings. The van der Waals surface area contributed by atoms with Crippen LogP contribution in [0.3, 0.4) is 0 Å². The van der Waals surface area contributed by atoms with Crippen molar-refractivity contribution in [1.82, 2.24) is 0 Å². The summed E-state index contributed by atoms with van der Waals surface area (Å²) in [5.74, 6) is 0.579. The molecule has 1 aromatic heterocycles. The van der Waals surface area contributed by atoms with Gasteiger partial charge in [-0.1, -0.05) is 13.8 Å². The molecule has 1 aromatic carbocycles. The van der Waals surface area contributed by atoms with Gasteiger partial charge in [-0.25, -0.2) is 4.79 Å². The predicted octanol–water partition coefficient (Wildman–Crippen LogP) is 3.17. The second-order valence-electron chi connectivity index (χ2n) is 4.73. The van der Waals surface area contributed by atoms with E-state index in [1.807, 2.05) is 25.1 Å². The number of nitrogens with one attached hydrogen (secondary N) is 1. The Morgan fingerprint density at radius 2 is 2.06 bits per heavy atom. The van der Waals surface area contributed by atoms with Gasteiger partial charge in [-0.2, -0.15) is 0 Å². The van der Waals surface area contributed by atoms with Crippen LogP contribution in [0, 0.1) is 12.8 Å². The first-order chi connectivity index (χ1) is 8.06. The maximum atomic E-state index is 11.3. The maximum absolute atomic E-state index is 11.3. The van der Waals surface area contributed by atoms with Crippen LogP contribution in [-0.2, 0) is 0 Å². The average Bonchev–Trinajstić information content (AvgIpc) is 2.25. The van der Waals surface area contributed by atoms with E-state index in [9.17, 15) is 4.79 Å². The van der Waals surface area contributed by atoms with Gasteiger partial charge in [-0.05, 0) is 30.5 Å². The lowest BCUT2D eigenvalue weighted by Gasteiger charge is -2.09. The van der Waals surface area contributed by atoms with Gasteiger partial charge in [0.05, 0.1) is 0 Å². The van der Waals surface area contributed by atoms with Crippen LogP contribution in [0.2, 0.25) is 0 Å². The van der Waals surface area contributed by atoms with Gasteiger partial charge in [-0.3, -0.25) is 0 Å². The van der Waals surface area contributed by atoms with Crippen molar-refractivity contribution in [2.75, 3.05) is 11.9 Å². The van der Waals surface area contributed by atoms with Crippen LogP contribution >= 0.6 is 0 Å². The molecular weight excluding hydrogens is 214 g/mol. The van der Waals surface area contributed by atoms with Crippen LogP contribution in [0.1, 0.15) is 19.4 Å². The van der Waals surface area contributed by atoms with Gasteiger partial charge in [0.1, 0.15) is 5.58 Å². The molecule has 0 unspecified atom stereocenters. The van der Waals surface area contributed by atoms with E-state index in [1.54, 1.807) is 0 Å². The quantitative estimate of drug-likeness (QED) is 0.825. The van der Waals surface area contributed by atoms with Gasteiger partial charge in [0.25, 0.3) is 0 Å². The summed E-state index contributed by atoms with van der Waals surface area (Å²) in [6.45, 7) is 7.12. The fraction of sp³-hybridized carbons (Fsp3) is 0.357. The van der Waals surface area contributed by atoms with Crippen molar-refractivity contribution >= 4 is 16.7 Å². The summed E-state index contributed by atoms with van der Waals surface area (Å²) in [5, 5.41) is 4.30. The first kappa shape index (κ1) is 11.7. The first-order valence-corrected chi connectivity index (χ1v) is 5.84. The molecule has 0 aliphatic heterocycles. The van der Waals surface area contributed by atoms with Crippen molar-refractivity contribution in [3.05, 3.63) is 40.2 Å². The third-order valence-corrected chi connectivity index (χ3v) is 2.67. The Balaban J connectivity index is 2.40. The molecule has 2 rings (SSSR count). The van der Waals surface area contributed by atoms with Gasteiger partial charge in [0.15, 0.2) is 0 Å². The van der Waals surface area contributed by atoms with Crippen LogP contribution in [0.15, 0.2) is 33.5 Å².